The molecule has 0 spiro atoms. The average molecular weight is 141 g/mol. The van der Waals surface area contributed by atoms with Crippen LogP contribution in [0.4, 0.5) is 0 Å². The molecule has 1 N–H and O–H groups in total. The summed E-state index contributed by atoms with van der Waals surface area (Å²) in [5.41, 5.74) is 0. The van der Waals surface area contributed by atoms with Crippen LogP contribution in [0.3, 0.4) is 0 Å². The van der Waals surface area contributed by atoms with Gasteiger partial charge in [-0.3, -0.25) is 0 Å². The second-order valence-corrected chi connectivity index (χ2v) is 3.53. The number of nitrogens with one attached hydrogen (secondary N) is 1. The number of hydrogen-bond donors (Lipinski definition) is 1. The first-order valence-corrected chi connectivity index (χ1v) is 4.56. The maximum absolute atomic E-state index is 3.51. The minimum Gasteiger partial charge on any atom is -0.314 e. The van der Waals surface area contributed by atoms with Crippen molar-refractivity contribution in [2.75, 3.05) is 6.54 Å². The summed E-state index contributed by atoms with van der Waals surface area (Å²) < 4.78 is 0. The van der Waals surface area contributed by atoms with Crippen molar-refractivity contribution >= 4 is 0 Å². The van der Waals surface area contributed by atoms with Gasteiger partial charge in [0.05, 0.1) is 0 Å². The summed E-state index contributed by atoms with van der Waals surface area (Å²) in [6, 6.07) is 0.828. The van der Waals surface area contributed by atoms with Gasteiger partial charge >= 0.3 is 0 Å². The fourth-order valence-corrected chi connectivity index (χ4v) is 1.91. The number of hydrogen-bond acceptors (Lipinski definition) is 1. The molecule has 1 aliphatic carbocycles. The highest BCUT2D eigenvalue weighted by molar-refractivity contribution is 4.74. The molecule has 1 aliphatic rings. The molecule has 1 saturated carbocycles. The molecule has 10 heavy (non-hydrogen) atoms. The van der Waals surface area contributed by atoms with E-state index in [1.165, 1.54) is 25.7 Å². The molecule has 0 bridgehead atoms. The van der Waals surface area contributed by atoms with Gasteiger partial charge in [-0.2, -0.15) is 0 Å². The lowest BCUT2D eigenvalue weighted by Crippen LogP contribution is -2.33. The summed E-state index contributed by atoms with van der Waals surface area (Å²) in [4.78, 5) is 0. The minimum atomic E-state index is 0.828. The molecule has 0 aromatic carbocycles. The zero-order valence-electron chi connectivity index (χ0n) is 7.19. The average Bonchev–Trinajstić information content (AvgIpc) is 1.88. The van der Waals surface area contributed by atoms with Gasteiger partial charge in [0.1, 0.15) is 0 Å². The second kappa shape index (κ2) is 3.97. The molecule has 1 heteroatoms. The van der Waals surface area contributed by atoms with Crippen LogP contribution in [0, 0.1) is 5.92 Å². The van der Waals surface area contributed by atoms with E-state index in [0.717, 1.165) is 18.5 Å². The molecule has 0 aromatic rings. The largest absolute Gasteiger partial charge is 0.314 e. The van der Waals surface area contributed by atoms with Crippen LogP contribution in [0.1, 0.15) is 39.5 Å². The van der Waals surface area contributed by atoms with Gasteiger partial charge in [0, 0.05) is 6.04 Å². The van der Waals surface area contributed by atoms with Crippen LogP contribution in [0.2, 0.25) is 0 Å². The molecule has 2 unspecified atom stereocenters. The van der Waals surface area contributed by atoms with Crippen LogP contribution in [-0.4, -0.2) is 12.6 Å². The van der Waals surface area contributed by atoms with Gasteiger partial charge in [-0.15, -0.1) is 0 Å². The van der Waals surface area contributed by atoms with Crippen molar-refractivity contribution in [2.24, 2.45) is 5.92 Å². The van der Waals surface area contributed by atoms with Gasteiger partial charge in [0.15, 0.2) is 0 Å². The Hall–Kier alpha value is -0.0400. The fourth-order valence-electron chi connectivity index (χ4n) is 1.91. The fraction of sp³-hybridized carbons (Fsp3) is 1.00. The van der Waals surface area contributed by atoms with E-state index in [0.29, 0.717) is 0 Å². The first-order chi connectivity index (χ1) is 4.83. The molecule has 0 aliphatic heterocycles. The monoisotopic (exact) mass is 141 g/mol. The Morgan fingerprint density at radius 3 is 2.80 bits per heavy atom. The molecule has 0 radical (unpaired) electrons. The Morgan fingerprint density at radius 1 is 1.40 bits per heavy atom. The van der Waals surface area contributed by atoms with Crippen molar-refractivity contribution in [2.45, 2.75) is 45.6 Å². The Labute approximate surface area is 64.2 Å². The van der Waals surface area contributed by atoms with E-state index in [-0.39, 0.29) is 0 Å². The SMILES string of the molecule is CCNC1CCCC(C)C1. The van der Waals surface area contributed by atoms with Gasteiger partial charge < -0.3 is 5.32 Å². The van der Waals surface area contributed by atoms with E-state index < -0.39 is 0 Å². The molecular formula is C9H19N. The predicted octanol–water partition coefficient (Wildman–Crippen LogP) is 2.17. The van der Waals surface area contributed by atoms with Crippen LogP contribution >= 0.6 is 0 Å². The van der Waals surface area contributed by atoms with Crippen molar-refractivity contribution in [1.82, 2.24) is 5.32 Å². The lowest BCUT2D eigenvalue weighted by molar-refractivity contribution is 0.305. The first kappa shape index (κ1) is 8.06. The van der Waals surface area contributed by atoms with Crippen LogP contribution < -0.4 is 5.32 Å². The van der Waals surface area contributed by atoms with Crippen molar-refractivity contribution in [3.8, 4) is 0 Å². The third kappa shape index (κ3) is 2.30. The highest BCUT2D eigenvalue weighted by Crippen LogP contribution is 2.23. The highest BCUT2D eigenvalue weighted by Gasteiger charge is 2.16. The highest BCUT2D eigenvalue weighted by atomic mass is 14.9. The molecule has 1 fully saturated rings. The zero-order chi connectivity index (χ0) is 7.40. The van der Waals surface area contributed by atoms with Crippen LogP contribution in [-0.2, 0) is 0 Å². The van der Waals surface area contributed by atoms with E-state index in [2.05, 4.69) is 19.2 Å². The molecular weight excluding hydrogens is 122 g/mol. The zero-order valence-corrected chi connectivity index (χ0v) is 7.19. The van der Waals surface area contributed by atoms with E-state index in [9.17, 15) is 0 Å². The van der Waals surface area contributed by atoms with Gasteiger partial charge in [-0.25, -0.2) is 0 Å². The Balaban J connectivity index is 2.18. The van der Waals surface area contributed by atoms with Gasteiger partial charge in [-0.1, -0.05) is 26.7 Å². The summed E-state index contributed by atoms with van der Waals surface area (Å²) in [5.74, 6) is 0.956. The summed E-state index contributed by atoms with van der Waals surface area (Å²) in [6.07, 6.45) is 5.67. The smallest absolute Gasteiger partial charge is 0.00694 e. The van der Waals surface area contributed by atoms with Crippen LogP contribution in [0.15, 0.2) is 0 Å². The summed E-state index contributed by atoms with van der Waals surface area (Å²) in [6.45, 7) is 5.69. The summed E-state index contributed by atoms with van der Waals surface area (Å²) in [7, 11) is 0. The van der Waals surface area contributed by atoms with Crippen molar-refractivity contribution in [1.29, 1.82) is 0 Å². The summed E-state index contributed by atoms with van der Waals surface area (Å²) >= 11 is 0. The normalized spacial score (nSPS) is 34.2. The lowest BCUT2D eigenvalue weighted by Gasteiger charge is -2.26. The van der Waals surface area contributed by atoms with Gasteiger partial charge in [-0.05, 0) is 25.3 Å². The maximum atomic E-state index is 3.51. The first-order valence-electron chi connectivity index (χ1n) is 4.56. The molecule has 0 aromatic heterocycles. The van der Waals surface area contributed by atoms with E-state index in [1.807, 2.05) is 0 Å². The molecule has 0 saturated heterocycles. The standard InChI is InChI=1S/C9H19N/c1-3-10-9-6-4-5-8(2)7-9/h8-10H,3-7H2,1-2H3. The lowest BCUT2D eigenvalue weighted by atomic mass is 9.87. The quantitative estimate of drug-likeness (QED) is 0.621. The Bertz CT molecular complexity index is 88.7. The van der Waals surface area contributed by atoms with E-state index >= 15 is 0 Å². The molecule has 0 heterocycles. The maximum Gasteiger partial charge on any atom is 0.00694 e. The third-order valence-corrected chi connectivity index (χ3v) is 2.43. The molecule has 1 nitrogen and oxygen atoms in total. The predicted molar refractivity (Wildman–Crippen MR) is 45.1 cm³/mol. The van der Waals surface area contributed by atoms with E-state index in [1.54, 1.807) is 0 Å². The Morgan fingerprint density at radius 2 is 2.20 bits per heavy atom. The van der Waals surface area contributed by atoms with Crippen molar-refractivity contribution < 1.29 is 0 Å². The van der Waals surface area contributed by atoms with Crippen molar-refractivity contribution in [3.05, 3.63) is 0 Å². The second-order valence-electron chi connectivity index (χ2n) is 3.53. The molecule has 2 atom stereocenters. The summed E-state index contributed by atoms with van der Waals surface area (Å²) in [5, 5.41) is 3.51. The van der Waals surface area contributed by atoms with Gasteiger partial charge in [0.25, 0.3) is 0 Å². The molecule has 60 valence electrons. The van der Waals surface area contributed by atoms with Gasteiger partial charge in [0.2, 0.25) is 0 Å². The van der Waals surface area contributed by atoms with Crippen LogP contribution in [0.5, 0.6) is 0 Å². The molecule has 1 rings (SSSR count). The van der Waals surface area contributed by atoms with Crippen molar-refractivity contribution in [3.63, 3.8) is 0 Å². The molecule has 0 amide bonds. The number of rotatable bonds is 2. The minimum absolute atomic E-state index is 0.828. The van der Waals surface area contributed by atoms with E-state index in [4.69, 9.17) is 0 Å². The topological polar surface area (TPSA) is 12.0 Å². The van der Waals surface area contributed by atoms with Crippen LogP contribution in [0.25, 0.3) is 0 Å². The third-order valence-electron chi connectivity index (χ3n) is 2.43. The Kier molecular flexibility index (Phi) is 3.20.